The Hall–Kier alpha value is -1.93. The molecule has 1 saturated heterocycles. The standard InChI is InChI=1S/C17H24N2O5S/c1-13(20)3-8-17(21)18-14-9-11-19(12-10-14)25(22,23)16-6-4-15(24-2)5-7-16/h4-7,14H,3,8-12H2,1-2H3,(H,18,21). The fourth-order valence-corrected chi connectivity index (χ4v) is 4.20. The molecule has 1 aliphatic rings. The van der Waals surface area contributed by atoms with Crippen molar-refractivity contribution in [2.45, 2.75) is 43.5 Å². The number of ketones is 1. The van der Waals surface area contributed by atoms with Crippen LogP contribution in [-0.2, 0) is 19.6 Å². The number of nitrogens with one attached hydrogen (secondary N) is 1. The van der Waals surface area contributed by atoms with E-state index >= 15 is 0 Å². The van der Waals surface area contributed by atoms with Gasteiger partial charge < -0.3 is 14.8 Å². The zero-order valence-corrected chi connectivity index (χ0v) is 15.3. The van der Waals surface area contributed by atoms with E-state index < -0.39 is 10.0 Å². The molecule has 0 atom stereocenters. The first-order chi connectivity index (χ1) is 11.8. The third kappa shape index (κ3) is 5.27. The van der Waals surface area contributed by atoms with Gasteiger partial charge >= 0.3 is 0 Å². The minimum atomic E-state index is -3.54. The van der Waals surface area contributed by atoms with E-state index in [1.54, 1.807) is 12.1 Å². The molecular formula is C17H24N2O5S. The molecular weight excluding hydrogens is 344 g/mol. The van der Waals surface area contributed by atoms with Crippen LogP contribution in [0.4, 0.5) is 0 Å². The number of piperidine rings is 1. The molecule has 1 N–H and O–H groups in total. The van der Waals surface area contributed by atoms with Crippen LogP contribution in [0, 0.1) is 0 Å². The number of hydrogen-bond donors (Lipinski definition) is 1. The molecule has 0 saturated carbocycles. The van der Waals surface area contributed by atoms with Crippen molar-refractivity contribution in [2.75, 3.05) is 20.2 Å². The van der Waals surface area contributed by atoms with Crippen LogP contribution in [0.3, 0.4) is 0 Å². The zero-order chi connectivity index (χ0) is 18.4. The molecule has 1 amide bonds. The second-order valence-electron chi connectivity index (χ2n) is 6.12. The van der Waals surface area contributed by atoms with Gasteiger partial charge in [-0.2, -0.15) is 4.31 Å². The summed E-state index contributed by atoms with van der Waals surface area (Å²) in [5, 5.41) is 2.87. The molecule has 0 aromatic heterocycles. The number of carbonyl (C=O) groups excluding carboxylic acids is 2. The van der Waals surface area contributed by atoms with Crippen LogP contribution < -0.4 is 10.1 Å². The summed E-state index contributed by atoms with van der Waals surface area (Å²) in [6.07, 6.45) is 1.53. The Balaban J connectivity index is 1.90. The predicted octanol–water partition coefficient (Wildman–Crippen LogP) is 1.33. The van der Waals surface area contributed by atoms with E-state index in [1.165, 1.54) is 30.5 Å². The first kappa shape index (κ1) is 19.4. The summed E-state index contributed by atoms with van der Waals surface area (Å²) < 4.78 is 31.8. The molecule has 8 heteroatoms. The van der Waals surface area contributed by atoms with Crippen molar-refractivity contribution in [3.63, 3.8) is 0 Å². The van der Waals surface area contributed by atoms with E-state index in [0.717, 1.165) is 0 Å². The lowest BCUT2D eigenvalue weighted by Gasteiger charge is -2.31. The zero-order valence-electron chi connectivity index (χ0n) is 14.5. The summed E-state index contributed by atoms with van der Waals surface area (Å²) in [6.45, 7) is 2.16. The average molecular weight is 368 g/mol. The van der Waals surface area contributed by atoms with Crippen LogP contribution in [-0.4, -0.2) is 50.7 Å². The number of sulfonamides is 1. The Morgan fingerprint density at radius 2 is 1.76 bits per heavy atom. The van der Waals surface area contributed by atoms with Gasteiger partial charge in [0.2, 0.25) is 15.9 Å². The summed E-state index contributed by atoms with van der Waals surface area (Å²) in [7, 11) is -2.01. The molecule has 1 aliphatic heterocycles. The van der Waals surface area contributed by atoms with Crippen molar-refractivity contribution >= 4 is 21.7 Å². The van der Waals surface area contributed by atoms with Gasteiger partial charge in [-0.25, -0.2) is 8.42 Å². The predicted molar refractivity (Wildman–Crippen MR) is 92.8 cm³/mol. The maximum absolute atomic E-state index is 12.7. The van der Waals surface area contributed by atoms with Gasteiger partial charge in [0.25, 0.3) is 0 Å². The molecule has 1 heterocycles. The minimum Gasteiger partial charge on any atom is -0.497 e. The van der Waals surface area contributed by atoms with Crippen molar-refractivity contribution in [3.8, 4) is 5.75 Å². The molecule has 1 fully saturated rings. The number of benzene rings is 1. The highest BCUT2D eigenvalue weighted by Crippen LogP contribution is 2.22. The first-order valence-corrected chi connectivity index (χ1v) is 9.70. The SMILES string of the molecule is COc1ccc(S(=O)(=O)N2CCC(NC(=O)CCC(C)=O)CC2)cc1. The van der Waals surface area contributed by atoms with Crippen LogP contribution in [0.2, 0.25) is 0 Å². The van der Waals surface area contributed by atoms with Crippen molar-refractivity contribution < 1.29 is 22.7 Å². The van der Waals surface area contributed by atoms with Gasteiger partial charge in [0.05, 0.1) is 12.0 Å². The average Bonchev–Trinajstić information content (AvgIpc) is 2.60. The Labute approximate surface area is 148 Å². The molecule has 25 heavy (non-hydrogen) atoms. The highest BCUT2D eigenvalue weighted by molar-refractivity contribution is 7.89. The van der Waals surface area contributed by atoms with Gasteiger partial charge in [-0.3, -0.25) is 4.79 Å². The molecule has 138 valence electrons. The number of Topliss-reactive ketones (excluding diaryl/α,β-unsaturated/α-hetero) is 1. The molecule has 0 unspecified atom stereocenters. The first-order valence-electron chi connectivity index (χ1n) is 8.26. The number of rotatable bonds is 7. The van der Waals surface area contributed by atoms with Gasteiger partial charge in [-0.15, -0.1) is 0 Å². The molecule has 0 radical (unpaired) electrons. The van der Waals surface area contributed by atoms with E-state index in [4.69, 9.17) is 4.74 Å². The third-order valence-electron chi connectivity index (χ3n) is 4.22. The van der Waals surface area contributed by atoms with Crippen molar-refractivity contribution in [1.82, 2.24) is 9.62 Å². The number of carbonyl (C=O) groups is 2. The molecule has 2 rings (SSSR count). The van der Waals surface area contributed by atoms with Gasteiger partial charge in [-0.05, 0) is 44.0 Å². The topological polar surface area (TPSA) is 92.8 Å². The Morgan fingerprint density at radius 3 is 2.28 bits per heavy atom. The second kappa shape index (κ2) is 8.44. The normalized spacial score (nSPS) is 16.4. The maximum Gasteiger partial charge on any atom is 0.243 e. The summed E-state index contributed by atoms with van der Waals surface area (Å²) >= 11 is 0. The molecule has 0 bridgehead atoms. The summed E-state index contributed by atoms with van der Waals surface area (Å²) in [4.78, 5) is 22.9. The van der Waals surface area contributed by atoms with Gasteiger partial charge in [0, 0.05) is 32.0 Å². The van der Waals surface area contributed by atoms with E-state index in [2.05, 4.69) is 5.32 Å². The van der Waals surface area contributed by atoms with Crippen molar-refractivity contribution in [1.29, 1.82) is 0 Å². The lowest BCUT2D eigenvalue weighted by molar-refractivity contribution is -0.125. The lowest BCUT2D eigenvalue weighted by Crippen LogP contribution is -2.46. The van der Waals surface area contributed by atoms with Gasteiger partial charge in [0.15, 0.2) is 0 Å². The summed E-state index contributed by atoms with van der Waals surface area (Å²) in [5.74, 6) is 0.424. The molecule has 1 aromatic rings. The number of hydrogen-bond acceptors (Lipinski definition) is 5. The molecule has 0 aliphatic carbocycles. The van der Waals surface area contributed by atoms with E-state index in [0.29, 0.717) is 31.7 Å². The van der Waals surface area contributed by atoms with Crippen molar-refractivity contribution in [2.24, 2.45) is 0 Å². The van der Waals surface area contributed by atoms with Crippen LogP contribution in [0.15, 0.2) is 29.2 Å². The smallest absolute Gasteiger partial charge is 0.243 e. The summed E-state index contributed by atoms with van der Waals surface area (Å²) in [6, 6.07) is 6.25. The maximum atomic E-state index is 12.7. The van der Waals surface area contributed by atoms with Gasteiger partial charge in [0.1, 0.15) is 11.5 Å². The van der Waals surface area contributed by atoms with Crippen LogP contribution in [0.25, 0.3) is 0 Å². The number of methoxy groups -OCH3 is 1. The largest absolute Gasteiger partial charge is 0.497 e. The van der Waals surface area contributed by atoms with E-state index in [9.17, 15) is 18.0 Å². The van der Waals surface area contributed by atoms with Crippen LogP contribution >= 0.6 is 0 Å². The number of nitrogens with zero attached hydrogens (tertiary/aromatic N) is 1. The molecule has 0 spiro atoms. The van der Waals surface area contributed by atoms with Crippen LogP contribution in [0.1, 0.15) is 32.6 Å². The highest BCUT2D eigenvalue weighted by atomic mass is 32.2. The van der Waals surface area contributed by atoms with Crippen LogP contribution in [0.5, 0.6) is 5.75 Å². The lowest BCUT2D eigenvalue weighted by atomic mass is 10.1. The monoisotopic (exact) mass is 368 g/mol. The minimum absolute atomic E-state index is 0.0180. The second-order valence-corrected chi connectivity index (χ2v) is 8.06. The quantitative estimate of drug-likeness (QED) is 0.784. The molecule has 7 nitrogen and oxygen atoms in total. The number of amides is 1. The Bertz CT molecular complexity index is 707. The Morgan fingerprint density at radius 1 is 1.16 bits per heavy atom. The molecule has 1 aromatic carbocycles. The third-order valence-corrected chi connectivity index (χ3v) is 6.13. The van der Waals surface area contributed by atoms with Gasteiger partial charge in [-0.1, -0.05) is 0 Å². The Kier molecular flexibility index (Phi) is 6.55. The van der Waals surface area contributed by atoms with Crippen molar-refractivity contribution in [3.05, 3.63) is 24.3 Å². The van der Waals surface area contributed by atoms with E-state index in [-0.39, 0.29) is 35.5 Å². The highest BCUT2D eigenvalue weighted by Gasteiger charge is 2.29. The number of ether oxygens (including phenoxy) is 1. The fraction of sp³-hybridized carbons (Fsp3) is 0.529. The van der Waals surface area contributed by atoms with E-state index in [1.807, 2.05) is 0 Å². The fourth-order valence-electron chi connectivity index (χ4n) is 2.73. The summed E-state index contributed by atoms with van der Waals surface area (Å²) in [5.41, 5.74) is 0.